The lowest BCUT2D eigenvalue weighted by Crippen LogP contribution is -2.32. The number of anilines is 3. The van der Waals surface area contributed by atoms with Crippen LogP contribution >= 0.6 is 23.2 Å². The average Bonchev–Trinajstić information content (AvgIpc) is 3.26. The molecule has 6 nitrogen and oxygen atoms in total. The second kappa shape index (κ2) is 10.0. The largest absolute Gasteiger partial charge is 0.371 e. The maximum absolute atomic E-state index is 13.1. The van der Waals surface area contributed by atoms with Crippen LogP contribution in [0.4, 0.5) is 21.9 Å². The van der Waals surface area contributed by atoms with Crippen LogP contribution in [0.15, 0.2) is 36.4 Å². The molecule has 0 atom stereocenters. The first kappa shape index (κ1) is 22.2. The van der Waals surface area contributed by atoms with E-state index in [-0.39, 0.29) is 5.91 Å². The van der Waals surface area contributed by atoms with Gasteiger partial charge in [-0.1, -0.05) is 23.2 Å². The minimum Gasteiger partial charge on any atom is -0.371 e. The van der Waals surface area contributed by atoms with Crippen LogP contribution in [-0.2, 0) is 0 Å². The fraction of sp³-hybridized carbons (Fsp3) is 0.364. The second-order valence-corrected chi connectivity index (χ2v) is 7.93. The number of hydrogen-bond acceptors (Lipinski definition) is 3. The van der Waals surface area contributed by atoms with E-state index in [1.165, 1.54) is 0 Å². The van der Waals surface area contributed by atoms with E-state index in [4.69, 9.17) is 23.2 Å². The fourth-order valence-corrected chi connectivity index (χ4v) is 3.87. The highest BCUT2D eigenvalue weighted by atomic mass is 35.5. The molecular weight excluding hydrogens is 423 g/mol. The molecule has 0 saturated carbocycles. The Kier molecular flexibility index (Phi) is 7.45. The summed E-state index contributed by atoms with van der Waals surface area (Å²) in [4.78, 5) is 29.6. The van der Waals surface area contributed by atoms with Crippen LogP contribution in [0.5, 0.6) is 0 Å². The molecular formula is C22H26Cl2N4O2. The Morgan fingerprint density at radius 1 is 0.933 bits per heavy atom. The SMILES string of the molecule is CCN(CC)C(=O)c1cc(NC(=O)Nc2ccc(Cl)c(Cl)c2)ccc1N1CCCC1. The zero-order valence-electron chi connectivity index (χ0n) is 17.2. The lowest BCUT2D eigenvalue weighted by Gasteiger charge is -2.25. The molecule has 0 unspecified atom stereocenters. The number of benzene rings is 2. The Bertz CT molecular complexity index is 925. The van der Waals surface area contributed by atoms with Gasteiger partial charge in [0.2, 0.25) is 0 Å². The molecule has 0 bridgehead atoms. The van der Waals surface area contributed by atoms with Crippen LogP contribution in [0, 0.1) is 0 Å². The minimum absolute atomic E-state index is 0.0320. The maximum Gasteiger partial charge on any atom is 0.323 e. The number of hydrogen-bond donors (Lipinski definition) is 2. The number of halogens is 2. The van der Waals surface area contributed by atoms with Crippen molar-refractivity contribution in [1.82, 2.24) is 4.90 Å². The van der Waals surface area contributed by atoms with Crippen molar-refractivity contribution in [3.05, 3.63) is 52.0 Å². The first-order valence-corrected chi connectivity index (χ1v) is 10.9. The lowest BCUT2D eigenvalue weighted by molar-refractivity contribution is 0.0773. The monoisotopic (exact) mass is 448 g/mol. The number of amides is 3. The first-order chi connectivity index (χ1) is 14.4. The van der Waals surface area contributed by atoms with E-state index >= 15 is 0 Å². The van der Waals surface area contributed by atoms with Gasteiger partial charge in [0.05, 0.1) is 15.6 Å². The van der Waals surface area contributed by atoms with Gasteiger partial charge < -0.3 is 20.4 Å². The van der Waals surface area contributed by atoms with E-state index in [2.05, 4.69) is 15.5 Å². The third-order valence-electron chi connectivity index (χ3n) is 5.16. The van der Waals surface area contributed by atoms with E-state index in [0.717, 1.165) is 31.6 Å². The van der Waals surface area contributed by atoms with Crippen LogP contribution in [-0.4, -0.2) is 43.0 Å². The van der Waals surface area contributed by atoms with E-state index in [1.54, 1.807) is 29.2 Å². The van der Waals surface area contributed by atoms with Crippen molar-refractivity contribution in [2.45, 2.75) is 26.7 Å². The highest BCUT2D eigenvalue weighted by Gasteiger charge is 2.23. The summed E-state index contributed by atoms with van der Waals surface area (Å²) >= 11 is 11.9. The van der Waals surface area contributed by atoms with Gasteiger partial charge in [0, 0.05) is 43.2 Å². The van der Waals surface area contributed by atoms with Crippen molar-refractivity contribution in [3.8, 4) is 0 Å². The molecule has 8 heteroatoms. The lowest BCUT2D eigenvalue weighted by atomic mass is 10.1. The molecule has 1 aliphatic heterocycles. The summed E-state index contributed by atoms with van der Waals surface area (Å²) in [6, 6.07) is 9.92. The number of nitrogens with one attached hydrogen (secondary N) is 2. The molecule has 3 amide bonds. The molecule has 1 heterocycles. The molecule has 0 spiro atoms. The van der Waals surface area contributed by atoms with Crippen molar-refractivity contribution in [2.24, 2.45) is 0 Å². The van der Waals surface area contributed by atoms with E-state index in [0.29, 0.717) is 40.1 Å². The number of nitrogens with zero attached hydrogens (tertiary/aromatic N) is 2. The summed E-state index contributed by atoms with van der Waals surface area (Å²) in [7, 11) is 0. The van der Waals surface area contributed by atoms with Crippen molar-refractivity contribution >= 4 is 52.2 Å². The van der Waals surface area contributed by atoms with Gasteiger partial charge in [-0.2, -0.15) is 0 Å². The number of carbonyl (C=O) groups is 2. The molecule has 30 heavy (non-hydrogen) atoms. The van der Waals surface area contributed by atoms with Gasteiger partial charge in [-0.25, -0.2) is 4.79 Å². The topological polar surface area (TPSA) is 64.7 Å². The first-order valence-electron chi connectivity index (χ1n) is 10.1. The summed E-state index contributed by atoms with van der Waals surface area (Å²) in [6.07, 6.45) is 2.23. The quantitative estimate of drug-likeness (QED) is 0.593. The molecule has 160 valence electrons. The normalized spacial score (nSPS) is 13.3. The van der Waals surface area contributed by atoms with Gasteiger partial charge in [0.25, 0.3) is 5.91 Å². The Labute approximate surface area is 187 Å². The summed E-state index contributed by atoms with van der Waals surface area (Å²) in [5.41, 5.74) is 2.59. The maximum atomic E-state index is 13.1. The Hall–Kier alpha value is -2.44. The Balaban J connectivity index is 1.82. The van der Waals surface area contributed by atoms with Gasteiger partial charge in [0.15, 0.2) is 0 Å². The molecule has 0 aliphatic carbocycles. The van der Waals surface area contributed by atoms with Gasteiger partial charge in [-0.05, 0) is 63.1 Å². The number of urea groups is 1. The zero-order chi connectivity index (χ0) is 21.7. The van der Waals surface area contributed by atoms with Crippen molar-refractivity contribution in [1.29, 1.82) is 0 Å². The highest BCUT2D eigenvalue weighted by molar-refractivity contribution is 6.42. The molecule has 1 aliphatic rings. The van der Waals surface area contributed by atoms with E-state index in [9.17, 15) is 9.59 Å². The predicted molar refractivity (Wildman–Crippen MR) is 124 cm³/mol. The fourth-order valence-electron chi connectivity index (χ4n) is 3.57. The second-order valence-electron chi connectivity index (χ2n) is 7.11. The summed E-state index contributed by atoms with van der Waals surface area (Å²) < 4.78 is 0. The average molecular weight is 449 g/mol. The molecule has 2 aromatic rings. The number of rotatable bonds is 6. The van der Waals surface area contributed by atoms with E-state index in [1.807, 2.05) is 26.0 Å². The molecule has 0 aromatic heterocycles. The van der Waals surface area contributed by atoms with Crippen molar-refractivity contribution < 1.29 is 9.59 Å². The molecule has 1 saturated heterocycles. The molecule has 0 radical (unpaired) electrons. The summed E-state index contributed by atoms with van der Waals surface area (Å²) in [5.74, 6) is -0.0320. The predicted octanol–water partition coefficient (Wildman–Crippen LogP) is 5.72. The van der Waals surface area contributed by atoms with Crippen molar-refractivity contribution in [3.63, 3.8) is 0 Å². The van der Waals surface area contributed by atoms with Gasteiger partial charge in [-0.3, -0.25) is 4.79 Å². The van der Waals surface area contributed by atoms with Gasteiger partial charge in [0.1, 0.15) is 0 Å². The third-order valence-corrected chi connectivity index (χ3v) is 5.90. The van der Waals surface area contributed by atoms with Gasteiger partial charge in [-0.15, -0.1) is 0 Å². The Morgan fingerprint density at radius 2 is 1.53 bits per heavy atom. The standard InChI is InChI=1S/C22H26Cl2N4O2/c1-3-27(4-2)21(29)17-13-15(8-10-20(17)28-11-5-6-12-28)25-22(30)26-16-7-9-18(23)19(24)14-16/h7-10,13-14H,3-6,11-12H2,1-2H3,(H2,25,26,30). The number of carbonyl (C=O) groups excluding carboxylic acids is 2. The summed E-state index contributed by atoms with van der Waals surface area (Å²) in [5, 5.41) is 6.29. The molecule has 2 aromatic carbocycles. The summed E-state index contributed by atoms with van der Waals surface area (Å²) in [6.45, 7) is 7.05. The van der Waals surface area contributed by atoms with E-state index < -0.39 is 6.03 Å². The third kappa shape index (κ3) is 5.18. The molecule has 2 N–H and O–H groups in total. The highest BCUT2D eigenvalue weighted by Crippen LogP contribution is 2.29. The van der Waals surface area contributed by atoms with Crippen molar-refractivity contribution in [2.75, 3.05) is 41.7 Å². The van der Waals surface area contributed by atoms with Crippen LogP contribution in [0.2, 0.25) is 10.0 Å². The Morgan fingerprint density at radius 3 is 2.13 bits per heavy atom. The minimum atomic E-state index is -0.427. The smallest absolute Gasteiger partial charge is 0.323 e. The molecule has 1 fully saturated rings. The van der Waals surface area contributed by atoms with Gasteiger partial charge >= 0.3 is 6.03 Å². The molecule has 3 rings (SSSR count). The van der Waals surface area contributed by atoms with Crippen LogP contribution in [0.3, 0.4) is 0 Å². The zero-order valence-corrected chi connectivity index (χ0v) is 18.7. The van der Waals surface area contributed by atoms with Crippen LogP contribution < -0.4 is 15.5 Å². The van der Waals surface area contributed by atoms with Crippen LogP contribution in [0.25, 0.3) is 0 Å². The van der Waals surface area contributed by atoms with Crippen LogP contribution in [0.1, 0.15) is 37.0 Å².